The van der Waals surface area contributed by atoms with Gasteiger partial charge in [-0.1, -0.05) is 18.2 Å². The quantitative estimate of drug-likeness (QED) is 0.210. The first kappa shape index (κ1) is 33.5. The Morgan fingerprint density at radius 3 is 2.47 bits per heavy atom. The van der Waals surface area contributed by atoms with Crippen LogP contribution in [-0.2, 0) is 4.79 Å². The van der Waals surface area contributed by atoms with Crippen LogP contribution < -0.4 is 20.1 Å². The molecule has 0 unspecified atom stereocenters. The van der Waals surface area contributed by atoms with Crippen LogP contribution in [0.5, 0.6) is 11.5 Å². The molecule has 3 aromatic carbocycles. The number of ether oxygens (including phenoxy) is 2. The van der Waals surface area contributed by atoms with Crippen molar-refractivity contribution in [2.75, 3.05) is 58.9 Å². The summed E-state index contributed by atoms with van der Waals surface area (Å²) in [5, 5.41) is 0. The van der Waals surface area contributed by atoms with Crippen molar-refractivity contribution < 1.29 is 23.9 Å². The number of aromatic amines is 1. The van der Waals surface area contributed by atoms with Gasteiger partial charge in [0.15, 0.2) is 0 Å². The summed E-state index contributed by atoms with van der Waals surface area (Å²) in [4.78, 5) is 53.0. The highest BCUT2D eigenvalue weighted by atomic mass is 16.5. The number of piperazine rings is 1. The Balaban J connectivity index is 1.30. The Kier molecular flexibility index (Phi) is 10.5. The van der Waals surface area contributed by atoms with Gasteiger partial charge in [0.1, 0.15) is 17.3 Å². The Morgan fingerprint density at radius 1 is 0.979 bits per heavy atom. The Labute approximate surface area is 275 Å². The van der Waals surface area contributed by atoms with Gasteiger partial charge in [0.2, 0.25) is 5.91 Å². The van der Waals surface area contributed by atoms with Crippen molar-refractivity contribution in [1.29, 1.82) is 0 Å². The maximum atomic E-state index is 14.0. The van der Waals surface area contributed by atoms with Crippen LogP contribution in [0.1, 0.15) is 57.8 Å². The zero-order valence-electron chi connectivity index (χ0n) is 27.9. The lowest BCUT2D eigenvalue weighted by molar-refractivity contribution is -0.132. The van der Waals surface area contributed by atoms with Gasteiger partial charge in [0.25, 0.3) is 11.8 Å². The fourth-order valence-electron chi connectivity index (χ4n) is 6.06. The molecule has 1 saturated heterocycles. The van der Waals surface area contributed by atoms with Crippen molar-refractivity contribution in [3.63, 3.8) is 0 Å². The lowest BCUT2D eigenvalue weighted by atomic mass is 9.95. The van der Waals surface area contributed by atoms with E-state index in [1.807, 2.05) is 55.1 Å². The average Bonchev–Trinajstić information content (AvgIpc) is 3.45. The highest BCUT2D eigenvalue weighted by Gasteiger charge is 2.28. The molecule has 11 heteroatoms. The fourth-order valence-corrected chi connectivity index (χ4v) is 6.06. The summed E-state index contributed by atoms with van der Waals surface area (Å²) >= 11 is 0. The lowest BCUT2D eigenvalue weighted by Crippen LogP contribution is -2.47. The SMILES string of the molecule is COc1c(-c2cccc3[nH]c(C)nc23)ccc(C(=O)N(C)c2ccc(C)cc2OCCCCCC(=O)N2CCN(C)CC2)c1C(N)=O. The molecule has 0 spiro atoms. The topological polar surface area (TPSA) is 134 Å². The van der Waals surface area contributed by atoms with Crippen LogP contribution in [0.4, 0.5) is 5.69 Å². The number of fused-ring (bicyclic) bond motifs is 1. The van der Waals surface area contributed by atoms with Crippen molar-refractivity contribution in [2.24, 2.45) is 5.73 Å². The highest BCUT2D eigenvalue weighted by Crippen LogP contribution is 2.39. The second kappa shape index (κ2) is 14.7. The normalized spacial score (nSPS) is 13.5. The number of benzene rings is 3. The van der Waals surface area contributed by atoms with Crippen molar-refractivity contribution in [2.45, 2.75) is 39.5 Å². The number of nitrogens with zero attached hydrogens (tertiary/aromatic N) is 4. The number of nitrogens with one attached hydrogen (secondary N) is 1. The molecule has 1 fully saturated rings. The molecular formula is C36H44N6O5. The second-order valence-electron chi connectivity index (χ2n) is 12.1. The van der Waals surface area contributed by atoms with E-state index in [1.54, 1.807) is 19.2 Å². The molecule has 1 aliphatic heterocycles. The van der Waals surface area contributed by atoms with E-state index in [2.05, 4.69) is 21.9 Å². The number of para-hydroxylation sites is 1. The molecule has 3 amide bonds. The Morgan fingerprint density at radius 2 is 1.74 bits per heavy atom. The number of rotatable bonds is 12. The number of primary amides is 1. The van der Waals surface area contributed by atoms with Gasteiger partial charge in [-0.2, -0.15) is 0 Å². The van der Waals surface area contributed by atoms with Crippen LogP contribution in [0.3, 0.4) is 0 Å². The van der Waals surface area contributed by atoms with Crippen LogP contribution in [0, 0.1) is 13.8 Å². The number of imidazole rings is 1. The standard InChI is InChI=1S/C36H44N6O5/c1-23-13-16-29(30(22-23)47-21-8-6-7-12-31(43)42-19-17-40(3)18-20-42)41(4)36(45)27-15-14-26(34(46-5)32(27)35(37)44)25-10-9-11-28-33(25)39-24(2)38-28/h9-11,13-16,22H,6-8,12,17-21H2,1-5H3,(H2,37,44)(H,38,39). The number of H-pyrrole nitrogens is 1. The number of nitrogens with two attached hydrogens (primary N) is 1. The van der Waals surface area contributed by atoms with E-state index >= 15 is 0 Å². The number of carbonyl (C=O) groups excluding carboxylic acids is 3. The minimum Gasteiger partial charge on any atom is -0.495 e. The van der Waals surface area contributed by atoms with E-state index in [0.29, 0.717) is 30.0 Å². The van der Waals surface area contributed by atoms with Crippen molar-refractivity contribution in [3.05, 3.63) is 71.0 Å². The van der Waals surface area contributed by atoms with Gasteiger partial charge in [-0.3, -0.25) is 14.4 Å². The monoisotopic (exact) mass is 640 g/mol. The number of aryl methyl sites for hydroxylation is 2. The molecule has 0 radical (unpaired) electrons. The number of hydrogen-bond acceptors (Lipinski definition) is 7. The molecule has 0 saturated carbocycles. The Bertz CT molecular complexity index is 1780. The predicted octanol–water partition coefficient (Wildman–Crippen LogP) is 4.94. The largest absolute Gasteiger partial charge is 0.495 e. The molecule has 2 heterocycles. The number of hydrogen-bond donors (Lipinski definition) is 2. The fraction of sp³-hybridized carbons (Fsp3) is 0.389. The molecule has 47 heavy (non-hydrogen) atoms. The Hall–Kier alpha value is -4.90. The molecule has 5 rings (SSSR count). The van der Waals surface area contributed by atoms with Gasteiger partial charge in [-0.15, -0.1) is 0 Å². The minimum absolute atomic E-state index is 0.00758. The first-order chi connectivity index (χ1) is 22.6. The maximum Gasteiger partial charge on any atom is 0.259 e. The number of unbranched alkanes of at least 4 members (excludes halogenated alkanes) is 2. The van der Waals surface area contributed by atoms with Crippen LogP contribution in [-0.4, -0.2) is 91.5 Å². The number of aromatic nitrogens is 2. The minimum atomic E-state index is -0.780. The lowest BCUT2D eigenvalue weighted by Gasteiger charge is -2.32. The summed E-state index contributed by atoms with van der Waals surface area (Å²) in [6.07, 6.45) is 2.97. The smallest absolute Gasteiger partial charge is 0.259 e. The third kappa shape index (κ3) is 7.41. The van der Waals surface area contributed by atoms with E-state index in [1.165, 1.54) is 12.0 Å². The molecule has 1 aromatic heterocycles. The molecule has 3 N–H and O–H groups in total. The average molecular weight is 641 g/mol. The molecule has 11 nitrogen and oxygen atoms in total. The van der Waals surface area contributed by atoms with Crippen molar-refractivity contribution >= 4 is 34.4 Å². The van der Waals surface area contributed by atoms with E-state index in [-0.39, 0.29) is 22.8 Å². The highest BCUT2D eigenvalue weighted by molar-refractivity contribution is 6.15. The number of anilines is 1. The van der Waals surface area contributed by atoms with E-state index < -0.39 is 11.8 Å². The van der Waals surface area contributed by atoms with E-state index in [9.17, 15) is 14.4 Å². The van der Waals surface area contributed by atoms with Gasteiger partial charge in [-0.25, -0.2) is 4.98 Å². The van der Waals surface area contributed by atoms with Gasteiger partial charge < -0.3 is 34.9 Å². The van der Waals surface area contributed by atoms with Crippen molar-refractivity contribution in [3.8, 4) is 22.6 Å². The van der Waals surface area contributed by atoms with E-state index in [4.69, 9.17) is 15.2 Å². The first-order valence-electron chi connectivity index (χ1n) is 16.0. The number of likely N-dealkylation sites (N-methyl/N-ethyl adjacent to an activating group) is 1. The van der Waals surface area contributed by atoms with Gasteiger partial charge in [0.05, 0.1) is 41.6 Å². The first-order valence-corrected chi connectivity index (χ1v) is 16.0. The van der Waals surface area contributed by atoms with Crippen LogP contribution >= 0.6 is 0 Å². The zero-order chi connectivity index (χ0) is 33.7. The summed E-state index contributed by atoms with van der Waals surface area (Å²) < 4.78 is 11.9. The summed E-state index contributed by atoms with van der Waals surface area (Å²) in [6.45, 7) is 7.68. The second-order valence-corrected chi connectivity index (χ2v) is 12.1. The third-order valence-electron chi connectivity index (χ3n) is 8.69. The molecular weight excluding hydrogens is 596 g/mol. The summed E-state index contributed by atoms with van der Waals surface area (Å²) in [7, 11) is 5.17. The summed E-state index contributed by atoms with van der Waals surface area (Å²) in [6, 6.07) is 14.7. The van der Waals surface area contributed by atoms with Gasteiger partial charge in [0, 0.05) is 50.8 Å². The summed E-state index contributed by atoms with van der Waals surface area (Å²) in [5.41, 5.74) is 10.4. The van der Waals surface area contributed by atoms with Crippen LogP contribution in [0.15, 0.2) is 48.5 Å². The predicted molar refractivity (Wildman–Crippen MR) is 183 cm³/mol. The summed E-state index contributed by atoms with van der Waals surface area (Å²) in [5.74, 6) is 0.511. The molecule has 248 valence electrons. The number of amides is 3. The van der Waals surface area contributed by atoms with E-state index in [0.717, 1.165) is 73.4 Å². The van der Waals surface area contributed by atoms with Crippen LogP contribution in [0.2, 0.25) is 0 Å². The zero-order valence-corrected chi connectivity index (χ0v) is 27.9. The number of methoxy groups -OCH3 is 1. The maximum absolute atomic E-state index is 14.0. The third-order valence-corrected chi connectivity index (χ3v) is 8.69. The molecule has 4 aromatic rings. The van der Waals surface area contributed by atoms with Gasteiger partial charge in [-0.05, 0) is 76.1 Å². The number of carbonyl (C=O) groups is 3. The molecule has 0 aliphatic carbocycles. The van der Waals surface area contributed by atoms with Gasteiger partial charge >= 0.3 is 0 Å². The van der Waals surface area contributed by atoms with Crippen LogP contribution in [0.25, 0.3) is 22.2 Å². The molecule has 0 bridgehead atoms. The molecule has 1 aliphatic rings. The molecule has 0 atom stereocenters. The van der Waals surface area contributed by atoms with Crippen molar-refractivity contribution in [1.82, 2.24) is 19.8 Å².